The second-order valence-corrected chi connectivity index (χ2v) is 7.04. The van der Waals surface area contributed by atoms with E-state index < -0.39 is 0 Å². The molecule has 0 amide bonds. The normalized spacial score (nSPS) is 10.9. The van der Waals surface area contributed by atoms with Crippen molar-refractivity contribution in [3.63, 3.8) is 0 Å². The predicted octanol–water partition coefficient (Wildman–Crippen LogP) is 5.13. The van der Waals surface area contributed by atoms with Crippen molar-refractivity contribution in [2.45, 2.75) is 20.4 Å². The molecule has 0 bridgehead atoms. The topological polar surface area (TPSA) is 41.4 Å². The van der Waals surface area contributed by atoms with E-state index in [1.807, 2.05) is 43.5 Å². The van der Waals surface area contributed by atoms with E-state index in [4.69, 9.17) is 23.8 Å². The second kappa shape index (κ2) is 8.84. The minimum atomic E-state index is 0.411. The molecule has 3 rings (SSSR count). The van der Waals surface area contributed by atoms with Gasteiger partial charge in [-0.2, -0.15) is 5.10 Å². The average Bonchev–Trinajstić information content (AvgIpc) is 3.08. The first-order valence-electron chi connectivity index (χ1n) is 8.59. The summed E-state index contributed by atoms with van der Waals surface area (Å²) in [7, 11) is 0. The van der Waals surface area contributed by atoms with Gasteiger partial charge in [0, 0.05) is 23.5 Å². The zero-order chi connectivity index (χ0) is 19.2. The number of aryl methyl sites for hydroxylation is 1. The van der Waals surface area contributed by atoms with Crippen LogP contribution in [0.15, 0.2) is 65.9 Å². The van der Waals surface area contributed by atoms with E-state index >= 15 is 0 Å². The molecular weight excluding hydrogens is 376 g/mol. The molecule has 0 aliphatic heterocycles. The Morgan fingerprint density at radius 2 is 1.93 bits per heavy atom. The summed E-state index contributed by atoms with van der Waals surface area (Å²) in [6, 6.07) is 18.0. The van der Waals surface area contributed by atoms with Gasteiger partial charge in [0.15, 0.2) is 5.11 Å². The van der Waals surface area contributed by atoms with Crippen LogP contribution in [0.5, 0.6) is 0 Å². The van der Waals surface area contributed by atoms with E-state index in [0.29, 0.717) is 10.1 Å². The fourth-order valence-corrected chi connectivity index (χ4v) is 3.05. The number of hydrogen-bond acceptors (Lipinski definition) is 2. The van der Waals surface area contributed by atoms with Crippen LogP contribution in [-0.2, 0) is 6.54 Å². The molecule has 2 aromatic carbocycles. The maximum Gasteiger partial charge on any atom is 0.191 e. The molecule has 27 heavy (non-hydrogen) atoms. The summed E-state index contributed by atoms with van der Waals surface area (Å²) in [4.78, 5) is 0. The Bertz CT molecular complexity index is 978. The predicted molar refractivity (Wildman–Crippen MR) is 118 cm³/mol. The van der Waals surface area contributed by atoms with Gasteiger partial charge in [0.2, 0.25) is 0 Å². The molecule has 0 fully saturated rings. The lowest BCUT2D eigenvalue weighted by atomic mass is 10.1. The van der Waals surface area contributed by atoms with Crippen molar-refractivity contribution in [3.05, 3.63) is 88.2 Å². The third kappa shape index (κ3) is 4.96. The van der Waals surface area contributed by atoms with Gasteiger partial charge < -0.3 is 9.88 Å². The van der Waals surface area contributed by atoms with Gasteiger partial charge in [-0.05, 0) is 67.0 Å². The first kappa shape index (κ1) is 19.1. The number of aromatic nitrogens is 1. The number of thiocarbonyl (C=S) groups is 1. The van der Waals surface area contributed by atoms with Crippen LogP contribution >= 0.6 is 23.8 Å². The van der Waals surface area contributed by atoms with Gasteiger partial charge in [-0.1, -0.05) is 41.9 Å². The summed E-state index contributed by atoms with van der Waals surface area (Å²) in [5.41, 5.74) is 8.20. The standard InChI is InChI=1S/C21H21ClN4S/c1-15-7-3-4-8-17(15)14-26-12-6-9-18(26)13-23-25-21(27)24-20-11-5-10-19(22)16(20)2/h3-13H,14H2,1-2H3,(H2,24,25,27). The van der Waals surface area contributed by atoms with Gasteiger partial charge >= 0.3 is 0 Å². The maximum absolute atomic E-state index is 6.13. The van der Waals surface area contributed by atoms with Crippen LogP contribution in [0.3, 0.4) is 0 Å². The summed E-state index contributed by atoms with van der Waals surface area (Å²) in [5, 5.41) is 8.47. The van der Waals surface area contributed by atoms with Gasteiger partial charge in [0.25, 0.3) is 0 Å². The van der Waals surface area contributed by atoms with Crippen LogP contribution in [0.25, 0.3) is 0 Å². The molecule has 3 aromatic rings. The molecule has 138 valence electrons. The largest absolute Gasteiger partial charge is 0.342 e. The van der Waals surface area contributed by atoms with E-state index in [-0.39, 0.29) is 0 Å². The van der Waals surface area contributed by atoms with E-state index in [2.05, 4.69) is 51.6 Å². The number of hydrogen-bond donors (Lipinski definition) is 2. The number of anilines is 1. The molecule has 0 aliphatic carbocycles. The molecular formula is C21H21ClN4S. The molecule has 0 atom stereocenters. The number of hydrazone groups is 1. The molecule has 4 nitrogen and oxygen atoms in total. The Hall–Kier alpha value is -2.63. The number of nitrogens with one attached hydrogen (secondary N) is 2. The molecule has 1 heterocycles. The minimum absolute atomic E-state index is 0.411. The maximum atomic E-state index is 6.13. The first-order valence-corrected chi connectivity index (χ1v) is 9.38. The summed E-state index contributed by atoms with van der Waals surface area (Å²) < 4.78 is 2.14. The van der Waals surface area contributed by atoms with Gasteiger partial charge in [0.1, 0.15) is 0 Å². The fraction of sp³-hybridized carbons (Fsp3) is 0.143. The second-order valence-electron chi connectivity index (χ2n) is 6.22. The zero-order valence-electron chi connectivity index (χ0n) is 15.2. The highest BCUT2D eigenvalue weighted by molar-refractivity contribution is 7.80. The Balaban J connectivity index is 1.62. The lowest BCUT2D eigenvalue weighted by Crippen LogP contribution is -2.24. The smallest absolute Gasteiger partial charge is 0.191 e. The summed E-state index contributed by atoms with van der Waals surface area (Å²) in [5.74, 6) is 0. The van der Waals surface area contributed by atoms with Gasteiger partial charge in [0.05, 0.1) is 11.9 Å². The van der Waals surface area contributed by atoms with Crippen molar-refractivity contribution in [2.75, 3.05) is 5.32 Å². The average molecular weight is 397 g/mol. The van der Waals surface area contributed by atoms with Crippen molar-refractivity contribution < 1.29 is 0 Å². The molecule has 2 N–H and O–H groups in total. The zero-order valence-corrected chi connectivity index (χ0v) is 16.8. The molecule has 1 aromatic heterocycles. The quantitative estimate of drug-likeness (QED) is 0.357. The molecule has 0 radical (unpaired) electrons. The molecule has 0 spiro atoms. The number of nitrogens with zero attached hydrogens (tertiary/aromatic N) is 2. The Kier molecular flexibility index (Phi) is 6.27. The molecule has 0 unspecified atom stereocenters. The van der Waals surface area contributed by atoms with Crippen molar-refractivity contribution in [1.29, 1.82) is 0 Å². The van der Waals surface area contributed by atoms with Gasteiger partial charge in [-0.25, -0.2) is 0 Å². The van der Waals surface area contributed by atoms with Crippen LogP contribution in [-0.4, -0.2) is 15.9 Å². The van der Waals surface area contributed by atoms with Crippen LogP contribution in [0.4, 0.5) is 5.69 Å². The van der Waals surface area contributed by atoms with Crippen LogP contribution in [0.1, 0.15) is 22.4 Å². The highest BCUT2D eigenvalue weighted by Gasteiger charge is 2.04. The lowest BCUT2D eigenvalue weighted by Gasteiger charge is -2.11. The van der Waals surface area contributed by atoms with Crippen molar-refractivity contribution >= 4 is 40.8 Å². The molecule has 0 saturated heterocycles. The number of benzene rings is 2. The van der Waals surface area contributed by atoms with Crippen molar-refractivity contribution in [1.82, 2.24) is 9.99 Å². The molecule has 0 aliphatic rings. The number of rotatable bonds is 5. The summed E-state index contributed by atoms with van der Waals surface area (Å²) in [6.45, 7) is 4.86. The van der Waals surface area contributed by atoms with E-state index in [9.17, 15) is 0 Å². The number of halogens is 1. The molecule has 0 saturated carbocycles. The fourth-order valence-electron chi connectivity index (χ4n) is 2.71. The highest BCUT2D eigenvalue weighted by atomic mass is 35.5. The Morgan fingerprint density at radius 1 is 1.11 bits per heavy atom. The first-order chi connectivity index (χ1) is 13.0. The third-order valence-electron chi connectivity index (χ3n) is 4.35. The van der Waals surface area contributed by atoms with Gasteiger partial charge in [-0.15, -0.1) is 0 Å². The van der Waals surface area contributed by atoms with Crippen LogP contribution in [0.2, 0.25) is 5.02 Å². The van der Waals surface area contributed by atoms with Crippen LogP contribution in [0, 0.1) is 13.8 Å². The third-order valence-corrected chi connectivity index (χ3v) is 4.95. The summed E-state index contributed by atoms with van der Waals surface area (Å²) >= 11 is 11.4. The summed E-state index contributed by atoms with van der Waals surface area (Å²) in [6.07, 6.45) is 3.80. The lowest BCUT2D eigenvalue weighted by molar-refractivity contribution is 0.793. The van der Waals surface area contributed by atoms with E-state index in [1.54, 1.807) is 6.21 Å². The molecule has 6 heteroatoms. The Labute approximate surface area is 169 Å². The highest BCUT2D eigenvalue weighted by Crippen LogP contribution is 2.22. The van der Waals surface area contributed by atoms with Crippen molar-refractivity contribution in [3.8, 4) is 0 Å². The SMILES string of the molecule is Cc1ccccc1Cn1cccc1C=NNC(=S)Nc1cccc(Cl)c1C. The van der Waals surface area contributed by atoms with Crippen molar-refractivity contribution in [2.24, 2.45) is 5.10 Å². The van der Waals surface area contributed by atoms with E-state index in [0.717, 1.165) is 23.5 Å². The van der Waals surface area contributed by atoms with Crippen LogP contribution < -0.4 is 10.7 Å². The van der Waals surface area contributed by atoms with Gasteiger partial charge in [-0.3, -0.25) is 5.43 Å². The monoisotopic (exact) mass is 396 g/mol. The Morgan fingerprint density at radius 3 is 2.74 bits per heavy atom. The van der Waals surface area contributed by atoms with E-state index in [1.165, 1.54) is 11.1 Å². The minimum Gasteiger partial charge on any atom is -0.342 e.